The van der Waals surface area contributed by atoms with Gasteiger partial charge in [0.05, 0.1) is 5.69 Å². The number of piperidine rings is 1. The summed E-state index contributed by atoms with van der Waals surface area (Å²) in [6.45, 7) is 6.01. The van der Waals surface area contributed by atoms with Crippen LogP contribution in [0.3, 0.4) is 0 Å². The molecule has 0 aliphatic carbocycles. The Kier molecular flexibility index (Phi) is 4.95. The first-order valence-electron chi connectivity index (χ1n) is 10.6. The molecule has 1 aromatic carbocycles. The Balaban J connectivity index is 1.49. The lowest BCUT2D eigenvalue weighted by molar-refractivity contribution is 0.0846. The van der Waals surface area contributed by atoms with Crippen LogP contribution in [0.1, 0.15) is 67.2 Å². The highest BCUT2D eigenvalue weighted by molar-refractivity contribution is 5.70. The van der Waals surface area contributed by atoms with Crippen LogP contribution in [0.2, 0.25) is 0 Å². The van der Waals surface area contributed by atoms with E-state index >= 15 is 0 Å². The van der Waals surface area contributed by atoms with Gasteiger partial charge in [0, 0.05) is 25.0 Å². The van der Waals surface area contributed by atoms with Crippen LogP contribution in [0.25, 0.3) is 0 Å². The van der Waals surface area contributed by atoms with Gasteiger partial charge in [0.2, 0.25) is 0 Å². The number of nitrogens with zero attached hydrogens (tertiary/aromatic N) is 1. The Labute approximate surface area is 166 Å². The lowest BCUT2D eigenvalue weighted by Crippen LogP contribution is -2.26. The Morgan fingerprint density at radius 2 is 1.82 bits per heavy atom. The topological polar surface area (TPSA) is 55.4 Å². The molecule has 2 aromatic rings. The van der Waals surface area contributed by atoms with E-state index in [-0.39, 0.29) is 6.10 Å². The van der Waals surface area contributed by atoms with Crippen LogP contribution in [0, 0.1) is 0 Å². The van der Waals surface area contributed by atoms with Gasteiger partial charge in [-0.3, -0.25) is 0 Å². The number of anilines is 2. The predicted octanol–water partition coefficient (Wildman–Crippen LogP) is 4.64. The first-order chi connectivity index (χ1) is 13.8. The molecule has 2 saturated heterocycles. The SMILES string of the molecule is CC1Oc2ccc(C3CCNCC3)cc2Nc2nccc(C3CCOCC3)c21. The fourth-order valence-electron chi connectivity index (χ4n) is 4.91. The summed E-state index contributed by atoms with van der Waals surface area (Å²) in [4.78, 5) is 4.69. The van der Waals surface area contributed by atoms with Crippen LogP contribution >= 0.6 is 0 Å². The molecule has 0 bridgehead atoms. The van der Waals surface area contributed by atoms with Gasteiger partial charge in [-0.1, -0.05) is 6.07 Å². The average Bonchev–Trinajstić information content (AvgIpc) is 2.90. The van der Waals surface area contributed by atoms with Gasteiger partial charge in [0.15, 0.2) is 0 Å². The third-order valence-electron chi connectivity index (χ3n) is 6.46. The smallest absolute Gasteiger partial charge is 0.143 e. The van der Waals surface area contributed by atoms with Crippen LogP contribution in [0.5, 0.6) is 5.75 Å². The number of ether oxygens (including phenoxy) is 2. The Hall–Kier alpha value is -2.11. The van der Waals surface area contributed by atoms with Crippen molar-refractivity contribution >= 4 is 11.5 Å². The van der Waals surface area contributed by atoms with Crippen LogP contribution in [-0.2, 0) is 4.74 Å². The maximum absolute atomic E-state index is 6.41. The molecular weight excluding hydrogens is 350 g/mol. The number of rotatable bonds is 2. The van der Waals surface area contributed by atoms with E-state index in [1.165, 1.54) is 29.5 Å². The summed E-state index contributed by atoms with van der Waals surface area (Å²) >= 11 is 0. The van der Waals surface area contributed by atoms with Crippen molar-refractivity contribution in [3.8, 4) is 5.75 Å². The van der Waals surface area contributed by atoms with Crippen LogP contribution in [0.15, 0.2) is 30.5 Å². The quantitative estimate of drug-likeness (QED) is 0.796. The van der Waals surface area contributed by atoms with E-state index in [1.807, 2.05) is 6.20 Å². The number of hydrogen-bond acceptors (Lipinski definition) is 5. The zero-order valence-electron chi connectivity index (χ0n) is 16.5. The molecule has 4 heterocycles. The molecule has 5 rings (SSSR count). The van der Waals surface area contributed by atoms with Gasteiger partial charge in [-0.2, -0.15) is 0 Å². The molecule has 1 unspecified atom stereocenters. The summed E-state index contributed by atoms with van der Waals surface area (Å²) in [6.07, 6.45) is 6.43. The van der Waals surface area contributed by atoms with Crippen molar-refractivity contribution in [2.75, 3.05) is 31.6 Å². The van der Waals surface area contributed by atoms with Gasteiger partial charge in [-0.05, 0) is 86.9 Å². The Morgan fingerprint density at radius 1 is 1.00 bits per heavy atom. The summed E-state index contributed by atoms with van der Waals surface area (Å²) in [5.41, 5.74) is 5.00. The molecule has 0 spiro atoms. The van der Waals surface area contributed by atoms with Crippen molar-refractivity contribution in [2.45, 2.75) is 50.5 Å². The molecule has 28 heavy (non-hydrogen) atoms. The maximum atomic E-state index is 6.41. The van der Waals surface area contributed by atoms with E-state index in [1.54, 1.807) is 0 Å². The molecule has 3 aliphatic rings. The van der Waals surface area contributed by atoms with Gasteiger partial charge in [0.25, 0.3) is 0 Å². The minimum atomic E-state index is -0.0278. The van der Waals surface area contributed by atoms with Crippen molar-refractivity contribution in [1.82, 2.24) is 10.3 Å². The van der Waals surface area contributed by atoms with Crippen LogP contribution < -0.4 is 15.4 Å². The maximum Gasteiger partial charge on any atom is 0.143 e. The largest absolute Gasteiger partial charge is 0.484 e. The molecule has 5 nitrogen and oxygen atoms in total. The minimum absolute atomic E-state index is 0.0278. The third-order valence-corrected chi connectivity index (χ3v) is 6.46. The molecule has 148 valence electrons. The summed E-state index contributed by atoms with van der Waals surface area (Å²) in [6, 6.07) is 8.82. The average molecular weight is 380 g/mol. The second-order valence-corrected chi connectivity index (χ2v) is 8.21. The molecule has 2 N–H and O–H groups in total. The van der Waals surface area contributed by atoms with Gasteiger partial charge < -0.3 is 20.1 Å². The molecule has 2 fully saturated rings. The van der Waals surface area contributed by atoms with E-state index < -0.39 is 0 Å². The molecule has 1 atom stereocenters. The number of fused-ring (bicyclic) bond motifs is 2. The Morgan fingerprint density at radius 3 is 2.64 bits per heavy atom. The number of benzene rings is 1. The van der Waals surface area contributed by atoms with E-state index in [0.717, 1.165) is 56.4 Å². The monoisotopic (exact) mass is 379 g/mol. The molecular formula is C23H29N3O2. The van der Waals surface area contributed by atoms with E-state index in [4.69, 9.17) is 14.5 Å². The fourth-order valence-corrected chi connectivity index (χ4v) is 4.91. The molecule has 5 heteroatoms. The van der Waals surface area contributed by atoms with Crippen LogP contribution in [-0.4, -0.2) is 31.3 Å². The summed E-state index contributed by atoms with van der Waals surface area (Å²) in [5.74, 6) is 3.00. The summed E-state index contributed by atoms with van der Waals surface area (Å²) in [7, 11) is 0. The van der Waals surface area contributed by atoms with Crippen molar-refractivity contribution in [3.63, 3.8) is 0 Å². The van der Waals surface area contributed by atoms with Gasteiger partial charge in [0.1, 0.15) is 17.7 Å². The molecule has 0 saturated carbocycles. The number of pyridine rings is 1. The van der Waals surface area contributed by atoms with Crippen molar-refractivity contribution in [2.24, 2.45) is 0 Å². The van der Waals surface area contributed by atoms with Crippen molar-refractivity contribution in [1.29, 1.82) is 0 Å². The minimum Gasteiger partial charge on any atom is -0.484 e. The summed E-state index contributed by atoms with van der Waals surface area (Å²) in [5, 5.41) is 7.06. The number of nitrogens with one attached hydrogen (secondary N) is 2. The first-order valence-corrected chi connectivity index (χ1v) is 10.6. The molecule has 3 aliphatic heterocycles. The molecule has 1 aromatic heterocycles. The lowest BCUT2D eigenvalue weighted by Gasteiger charge is -2.26. The highest BCUT2D eigenvalue weighted by atomic mass is 16.5. The van der Waals surface area contributed by atoms with E-state index in [9.17, 15) is 0 Å². The van der Waals surface area contributed by atoms with Crippen molar-refractivity contribution in [3.05, 3.63) is 47.2 Å². The van der Waals surface area contributed by atoms with E-state index in [0.29, 0.717) is 11.8 Å². The fraction of sp³-hybridized carbons (Fsp3) is 0.522. The van der Waals surface area contributed by atoms with Gasteiger partial charge >= 0.3 is 0 Å². The molecule has 0 radical (unpaired) electrons. The Bertz CT molecular complexity index is 842. The van der Waals surface area contributed by atoms with Crippen LogP contribution in [0.4, 0.5) is 11.5 Å². The lowest BCUT2D eigenvalue weighted by atomic mass is 9.87. The standard InChI is InChI=1S/C23H29N3O2/c1-15-22-19(17-7-12-27-13-8-17)6-11-25-23(22)26-20-14-18(2-3-21(20)28-15)16-4-9-24-10-5-16/h2-3,6,11,14-17,24H,4-5,7-10,12-13H2,1H3,(H,25,26). The third kappa shape index (κ3) is 3.38. The number of aromatic nitrogens is 1. The van der Waals surface area contributed by atoms with E-state index in [2.05, 4.69) is 41.8 Å². The highest BCUT2D eigenvalue weighted by Gasteiger charge is 2.28. The zero-order chi connectivity index (χ0) is 18.9. The second kappa shape index (κ2) is 7.72. The molecule has 0 amide bonds. The zero-order valence-corrected chi connectivity index (χ0v) is 16.5. The van der Waals surface area contributed by atoms with Crippen molar-refractivity contribution < 1.29 is 9.47 Å². The van der Waals surface area contributed by atoms with Gasteiger partial charge in [-0.15, -0.1) is 0 Å². The van der Waals surface area contributed by atoms with Gasteiger partial charge in [-0.25, -0.2) is 4.98 Å². The summed E-state index contributed by atoms with van der Waals surface area (Å²) < 4.78 is 12.0. The number of hydrogen-bond donors (Lipinski definition) is 2. The first kappa shape index (κ1) is 18.0. The second-order valence-electron chi connectivity index (χ2n) is 8.21. The predicted molar refractivity (Wildman–Crippen MR) is 111 cm³/mol. The highest BCUT2D eigenvalue weighted by Crippen LogP contribution is 2.43. The normalized spacial score (nSPS) is 23.1.